The summed E-state index contributed by atoms with van der Waals surface area (Å²) in [4.78, 5) is 0. The molecule has 0 bridgehead atoms. The van der Waals surface area contributed by atoms with E-state index in [1.165, 1.54) is 19.3 Å². The van der Waals surface area contributed by atoms with E-state index in [1.54, 1.807) is 0 Å². The van der Waals surface area contributed by atoms with Gasteiger partial charge < -0.3 is 10.1 Å². The quantitative estimate of drug-likeness (QED) is 0.690. The Kier molecular flexibility index (Phi) is 6.35. The van der Waals surface area contributed by atoms with Crippen LogP contribution in [0.3, 0.4) is 0 Å². The number of unbranched alkanes of at least 4 members (excludes halogenated alkanes) is 1. The topological polar surface area (TPSA) is 21.3 Å². The van der Waals surface area contributed by atoms with E-state index >= 15 is 0 Å². The van der Waals surface area contributed by atoms with Gasteiger partial charge in [-0.05, 0) is 34.2 Å². The van der Waals surface area contributed by atoms with Gasteiger partial charge in [-0.15, -0.1) is 0 Å². The van der Waals surface area contributed by atoms with Gasteiger partial charge in [-0.2, -0.15) is 0 Å². The number of hydrogen-bond donors (Lipinski definition) is 1. The van der Waals surface area contributed by atoms with Crippen molar-refractivity contribution < 1.29 is 4.74 Å². The van der Waals surface area contributed by atoms with E-state index in [4.69, 9.17) is 4.74 Å². The number of likely N-dealkylation sites (N-methyl/N-ethyl adjacent to an activating group) is 1. The zero-order valence-corrected chi connectivity index (χ0v) is 9.81. The highest BCUT2D eigenvalue weighted by Gasteiger charge is 2.13. The number of hydrogen-bond acceptors (Lipinski definition) is 2. The van der Waals surface area contributed by atoms with Crippen LogP contribution in [0.5, 0.6) is 0 Å². The van der Waals surface area contributed by atoms with Crippen LogP contribution in [-0.4, -0.2) is 25.3 Å². The summed E-state index contributed by atoms with van der Waals surface area (Å²) in [6.07, 6.45) is 3.75. The van der Waals surface area contributed by atoms with E-state index in [0.29, 0.717) is 6.04 Å². The van der Waals surface area contributed by atoms with Crippen LogP contribution < -0.4 is 5.32 Å². The molecular weight excluding hydrogens is 162 g/mol. The molecule has 0 fully saturated rings. The van der Waals surface area contributed by atoms with Crippen LogP contribution in [0.4, 0.5) is 0 Å². The van der Waals surface area contributed by atoms with Gasteiger partial charge in [0.2, 0.25) is 0 Å². The van der Waals surface area contributed by atoms with Crippen molar-refractivity contribution in [3.8, 4) is 0 Å². The Balaban J connectivity index is 3.59. The molecule has 80 valence electrons. The van der Waals surface area contributed by atoms with Gasteiger partial charge in [0.25, 0.3) is 0 Å². The van der Waals surface area contributed by atoms with E-state index < -0.39 is 0 Å². The normalized spacial score (nSPS) is 14.5. The molecule has 2 nitrogen and oxygen atoms in total. The Morgan fingerprint density at radius 1 is 1.31 bits per heavy atom. The van der Waals surface area contributed by atoms with E-state index in [0.717, 1.165) is 6.61 Å². The Hall–Kier alpha value is -0.0800. The monoisotopic (exact) mass is 187 g/mol. The second-order valence-corrected chi connectivity index (χ2v) is 4.55. The molecule has 1 N–H and O–H groups in total. The van der Waals surface area contributed by atoms with Crippen LogP contribution in [0.25, 0.3) is 0 Å². The van der Waals surface area contributed by atoms with Crippen LogP contribution in [0.1, 0.15) is 47.0 Å². The highest BCUT2D eigenvalue weighted by molar-refractivity contribution is 4.67. The fraction of sp³-hybridized carbons (Fsp3) is 1.00. The molecule has 13 heavy (non-hydrogen) atoms. The van der Waals surface area contributed by atoms with Crippen molar-refractivity contribution in [2.45, 2.75) is 58.6 Å². The summed E-state index contributed by atoms with van der Waals surface area (Å²) in [5.41, 5.74) is -0.0126. The third-order valence-electron chi connectivity index (χ3n) is 2.03. The third-order valence-corrected chi connectivity index (χ3v) is 2.03. The van der Waals surface area contributed by atoms with Crippen LogP contribution in [0.2, 0.25) is 0 Å². The van der Waals surface area contributed by atoms with Gasteiger partial charge in [-0.1, -0.05) is 19.8 Å². The number of rotatable bonds is 6. The van der Waals surface area contributed by atoms with Gasteiger partial charge in [-0.3, -0.25) is 0 Å². The average Bonchev–Trinajstić information content (AvgIpc) is 2.03. The van der Waals surface area contributed by atoms with Gasteiger partial charge in [0.1, 0.15) is 0 Å². The standard InChI is InChI=1S/C11H25NO/c1-6-7-8-10(12-5)9-13-11(2,3)4/h10,12H,6-9H2,1-5H3. The molecule has 0 aliphatic heterocycles. The molecule has 2 heteroatoms. The van der Waals surface area contributed by atoms with Crippen LogP contribution >= 0.6 is 0 Å². The summed E-state index contributed by atoms with van der Waals surface area (Å²) in [5, 5.41) is 3.28. The Morgan fingerprint density at radius 2 is 1.92 bits per heavy atom. The maximum absolute atomic E-state index is 5.72. The minimum absolute atomic E-state index is 0.0126. The zero-order chi connectivity index (χ0) is 10.3. The predicted octanol–water partition coefficient (Wildman–Crippen LogP) is 2.58. The first-order valence-corrected chi connectivity index (χ1v) is 5.31. The lowest BCUT2D eigenvalue weighted by Gasteiger charge is -2.24. The highest BCUT2D eigenvalue weighted by atomic mass is 16.5. The van der Waals surface area contributed by atoms with E-state index in [2.05, 4.69) is 33.0 Å². The Bertz CT molecular complexity index is 118. The minimum Gasteiger partial charge on any atom is -0.374 e. The van der Waals surface area contributed by atoms with Crippen molar-refractivity contribution in [3.63, 3.8) is 0 Å². The molecule has 0 amide bonds. The molecule has 0 rings (SSSR count). The van der Waals surface area contributed by atoms with Crippen LogP contribution in [0.15, 0.2) is 0 Å². The Labute approximate surface area is 83.1 Å². The number of ether oxygens (including phenoxy) is 1. The summed E-state index contributed by atoms with van der Waals surface area (Å²) in [6, 6.07) is 0.513. The van der Waals surface area contributed by atoms with Crippen LogP contribution in [-0.2, 0) is 4.74 Å². The van der Waals surface area contributed by atoms with Crippen molar-refractivity contribution in [2.24, 2.45) is 0 Å². The van der Waals surface area contributed by atoms with E-state index in [1.807, 2.05) is 7.05 Å². The average molecular weight is 187 g/mol. The second kappa shape index (κ2) is 6.39. The molecule has 1 unspecified atom stereocenters. The fourth-order valence-electron chi connectivity index (χ4n) is 1.11. The van der Waals surface area contributed by atoms with Gasteiger partial charge in [-0.25, -0.2) is 0 Å². The maximum Gasteiger partial charge on any atom is 0.0626 e. The molecule has 0 aromatic carbocycles. The van der Waals surface area contributed by atoms with E-state index in [-0.39, 0.29) is 5.60 Å². The molecule has 0 spiro atoms. The second-order valence-electron chi connectivity index (χ2n) is 4.55. The molecule has 0 heterocycles. The Morgan fingerprint density at radius 3 is 2.31 bits per heavy atom. The third kappa shape index (κ3) is 8.26. The smallest absolute Gasteiger partial charge is 0.0626 e. The van der Waals surface area contributed by atoms with Crippen molar-refractivity contribution in [1.82, 2.24) is 5.32 Å². The molecule has 0 aromatic rings. The lowest BCUT2D eigenvalue weighted by atomic mass is 10.1. The highest BCUT2D eigenvalue weighted by Crippen LogP contribution is 2.09. The largest absolute Gasteiger partial charge is 0.374 e. The van der Waals surface area contributed by atoms with Gasteiger partial charge in [0.05, 0.1) is 12.2 Å². The molecule has 1 atom stereocenters. The fourth-order valence-corrected chi connectivity index (χ4v) is 1.11. The lowest BCUT2D eigenvalue weighted by Crippen LogP contribution is -2.34. The summed E-state index contributed by atoms with van der Waals surface area (Å²) in [7, 11) is 2.01. The molecule has 0 saturated heterocycles. The minimum atomic E-state index is -0.0126. The first-order chi connectivity index (χ1) is 5.99. The van der Waals surface area contributed by atoms with Gasteiger partial charge in [0.15, 0.2) is 0 Å². The zero-order valence-electron chi connectivity index (χ0n) is 9.81. The molecule has 0 aliphatic carbocycles. The van der Waals surface area contributed by atoms with Gasteiger partial charge in [0, 0.05) is 6.04 Å². The van der Waals surface area contributed by atoms with Crippen molar-refractivity contribution in [2.75, 3.05) is 13.7 Å². The maximum atomic E-state index is 5.72. The summed E-state index contributed by atoms with van der Waals surface area (Å²) in [6.45, 7) is 9.33. The number of nitrogens with one attached hydrogen (secondary N) is 1. The first-order valence-electron chi connectivity index (χ1n) is 5.31. The predicted molar refractivity (Wildman–Crippen MR) is 58.1 cm³/mol. The molecule has 0 radical (unpaired) electrons. The molecule has 0 aliphatic rings. The van der Waals surface area contributed by atoms with Crippen LogP contribution in [0, 0.1) is 0 Å². The molecule has 0 aromatic heterocycles. The van der Waals surface area contributed by atoms with Gasteiger partial charge >= 0.3 is 0 Å². The lowest BCUT2D eigenvalue weighted by molar-refractivity contribution is -0.0147. The SMILES string of the molecule is CCCCC(COC(C)(C)C)NC. The molecule has 0 saturated carbocycles. The van der Waals surface area contributed by atoms with E-state index in [9.17, 15) is 0 Å². The molecular formula is C11H25NO. The summed E-state index contributed by atoms with van der Waals surface area (Å²) >= 11 is 0. The summed E-state index contributed by atoms with van der Waals surface area (Å²) in [5.74, 6) is 0. The summed E-state index contributed by atoms with van der Waals surface area (Å²) < 4.78 is 5.72. The van der Waals surface area contributed by atoms with Crippen molar-refractivity contribution in [1.29, 1.82) is 0 Å². The van der Waals surface area contributed by atoms with Crippen molar-refractivity contribution in [3.05, 3.63) is 0 Å². The first kappa shape index (κ1) is 12.9. The van der Waals surface area contributed by atoms with Crippen molar-refractivity contribution >= 4 is 0 Å².